The monoisotopic (exact) mass is 281 g/mol. The van der Waals surface area contributed by atoms with E-state index in [1.807, 2.05) is 19.9 Å². The first-order chi connectivity index (χ1) is 8.89. The fourth-order valence-electron chi connectivity index (χ4n) is 3.05. The lowest BCUT2D eigenvalue weighted by Gasteiger charge is -2.34. The molecule has 104 valence electrons. The van der Waals surface area contributed by atoms with Crippen LogP contribution in [0.1, 0.15) is 17.5 Å². The second-order valence-corrected chi connectivity index (χ2v) is 7.73. The van der Waals surface area contributed by atoms with Crippen LogP contribution in [0.15, 0.2) is 23.1 Å². The maximum Gasteiger partial charge on any atom is 0.243 e. The summed E-state index contributed by atoms with van der Waals surface area (Å²) in [6, 6.07) is 5.26. The van der Waals surface area contributed by atoms with E-state index in [9.17, 15) is 13.5 Å². The molecular formula is C14H19NO3S. The molecule has 0 spiro atoms. The van der Waals surface area contributed by atoms with Crippen LogP contribution >= 0.6 is 0 Å². The van der Waals surface area contributed by atoms with Gasteiger partial charge in [0.15, 0.2) is 0 Å². The van der Waals surface area contributed by atoms with Gasteiger partial charge in [-0.25, -0.2) is 8.42 Å². The van der Waals surface area contributed by atoms with Gasteiger partial charge < -0.3 is 5.11 Å². The summed E-state index contributed by atoms with van der Waals surface area (Å²) in [5.74, 6) is 0.484. The minimum absolute atomic E-state index is 0.140. The third-order valence-electron chi connectivity index (χ3n) is 4.61. The van der Waals surface area contributed by atoms with E-state index in [0.717, 1.165) is 17.5 Å². The van der Waals surface area contributed by atoms with Gasteiger partial charge in [-0.15, -0.1) is 0 Å². The summed E-state index contributed by atoms with van der Waals surface area (Å²) in [4.78, 5) is 0.367. The highest BCUT2D eigenvalue weighted by atomic mass is 32.2. The molecular weight excluding hydrogens is 262 g/mol. The van der Waals surface area contributed by atoms with Crippen LogP contribution in [0, 0.1) is 25.7 Å². The second kappa shape index (κ2) is 4.30. The lowest BCUT2D eigenvalue weighted by molar-refractivity contribution is -0.00416. The summed E-state index contributed by atoms with van der Waals surface area (Å²) in [5.41, 5.74) is 2.08. The van der Waals surface area contributed by atoms with Gasteiger partial charge in [0.2, 0.25) is 10.0 Å². The molecule has 1 aromatic carbocycles. The first kappa shape index (κ1) is 13.1. The smallest absolute Gasteiger partial charge is 0.243 e. The summed E-state index contributed by atoms with van der Waals surface area (Å²) in [6.45, 7) is 4.90. The molecule has 1 aliphatic carbocycles. The number of hydrogen-bond acceptors (Lipinski definition) is 3. The second-order valence-electron chi connectivity index (χ2n) is 5.80. The van der Waals surface area contributed by atoms with Gasteiger partial charge in [0.05, 0.1) is 11.0 Å². The Balaban J connectivity index is 1.89. The zero-order valence-corrected chi connectivity index (χ0v) is 12.0. The molecule has 5 heteroatoms. The molecule has 0 bridgehead atoms. The van der Waals surface area contributed by atoms with Gasteiger partial charge >= 0.3 is 0 Å². The first-order valence-electron chi connectivity index (χ1n) is 6.65. The lowest BCUT2D eigenvalue weighted by Crippen LogP contribution is -2.39. The number of nitrogens with zero attached hydrogens (tertiary/aromatic N) is 1. The van der Waals surface area contributed by atoms with Crippen molar-refractivity contribution < 1.29 is 13.5 Å². The predicted molar refractivity (Wildman–Crippen MR) is 72.3 cm³/mol. The van der Waals surface area contributed by atoms with Crippen LogP contribution in [-0.2, 0) is 10.0 Å². The van der Waals surface area contributed by atoms with E-state index in [1.54, 1.807) is 12.1 Å². The van der Waals surface area contributed by atoms with Gasteiger partial charge in [0.1, 0.15) is 0 Å². The van der Waals surface area contributed by atoms with E-state index >= 15 is 0 Å². The van der Waals surface area contributed by atoms with E-state index in [4.69, 9.17) is 0 Å². The Kier molecular flexibility index (Phi) is 2.96. The van der Waals surface area contributed by atoms with Crippen molar-refractivity contribution in [3.8, 4) is 0 Å². The molecule has 0 unspecified atom stereocenters. The van der Waals surface area contributed by atoms with Crippen LogP contribution in [0.2, 0.25) is 0 Å². The number of rotatable bonds is 2. The van der Waals surface area contributed by atoms with Crippen LogP contribution in [0.4, 0.5) is 0 Å². The van der Waals surface area contributed by atoms with E-state index in [-0.39, 0.29) is 12.0 Å². The Bertz CT molecular complexity index is 611. The van der Waals surface area contributed by atoms with Crippen LogP contribution in [0.25, 0.3) is 0 Å². The molecule has 0 radical (unpaired) electrons. The highest BCUT2D eigenvalue weighted by Gasteiger charge is 2.49. The zero-order chi connectivity index (χ0) is 13.8. The number of fused-ring (bicyclic) bond motifs is 1. The Morgan fingerprint density at radius 1 is 1.21 bits per heavy atom. The summed E-state index contributed by atoms with van der Waals surface area (Å²) < 4.78 is 26.7. The predicted octanol–water partition coefficient (Wildman–Crippen LogP) is 1.30. The first-order valence-corrected chi connectivity index (χ1v) is 8.09. The molecule has 2 fully saturated rings. The van der Waals surface area contributed by atoms with Crippen molar-refractivity contribution >= 4 is 10.0 Å². The Labute approximate surface area is 114 Å². The fourth-order valence-corrected chi connectivity index (χ4v) is 4.67. The number of aliphatic hydroxyl groups excluding tert-OH is 1. The summed E-state index contributed by atoms with van der Waals surface area (Å²) >= 11 is 0. The highest BCUT2D eigenvalue weighted by Crippen LogP contribution is 2.42. The minimum Gasteiger partial charge on any atom is -0.393 e. The molecule has 0 amide bonds. The molecule has 4 nitrogen and oxygen atoms in total. The molecule has 1 saturated heterocycles. The van der Waals surface area contributed by atoms with Crippen molar-refractivity contribution in [2.45, 2.75) is 31.3 Å². The van der Waals surface area contributed by atoms with Gasteiger partial charge in [-0.05, 0) is 49.4 Å². The highest BCUT2D eigenvalue weighted by molar-refractivity contribution is 7.89. The maximum absolute atomic E-state index is 12.6. The number of benzene rings is 1. The van der Waals surface area contributed by atoms with Crippen molar-refractivity contribution in [1.29, 1.82) is 0 Å². The van der Waals surface area contributed by atoms with Gasteiger partial charge in [-0.2, -0.15) is 4.31 Å². The SMILES string of the molecule is Cc1ccc(S(=O)(=O)N2C[C@H]3C[C@@H](O)[C@H]3C2)cc1C. The number of hydrogen-bond donors (Lipinski definition) is 1. The van der Waals surface area contributed by atoms with Gasteiger partial charge in [-0.3, -0.25) is 0 Å². The molecule has 19 heavy (non-hydrogen) atoms. The van der Waals surface area contributed by atoms with Crippen molar-refractivity contribution in [3.63, 3.8) is 0 Å². The fraction of sp³-hybridized carbons (Fsp3) is 0.571. The van der Waals surface area contributed by atoms with Crippen LogP contribution in [0.5, 0.6) is 0 Å². The summed E-state index contributed by atoms with van der Waals surface area (Å²) in [6.07, 6.45) is 0.425. The molecule has 1 heterocycles. The quantitative estimate of drug-likeness (QED) is 0.889. The van der Waals surface area contributed by atoms with E-state index in [2.05, 4.69) is 0 Å². The van der Waals surface area contributed by atoms with Gasteiger partial charge in [-0.1, -0.05) is 6.07 Å². The van der Waals surface area contributed by atoms with Crippen molar-refractivity contribution in [2.24, 2.45) is 11.8 Å². The average molecular weight is 281 g/mol. The lowest BCUT2D eigenvalue weighted by atomic mass is 9.74. The summed E-state index contributed by atoms with van der Waals surface area (Å²) in [7, 11) is -3.40. The molecule has 3 rings (SSSR count). The van der Waals surface area contributed by atoms with E-state index in [1.165, 1.54) is 4.31 Å². The Morgan fingerprint density at radius 2 is 1.95 bits per heavy atom. The minimum atomic E-state index is -3.40. The maximum atomic E-state index is 12.6. The van der Waals surface area contributed by atoms with Crippen molar-refractivity contribution in [3.05, 3.63) is 29.3 Å². The molecule has 1 saturated carbocycles. The van der Waals surface area contributed by atoms with Crippen molar-refractivity contribution in [2.75, 3.05) is 13.1 Å². The topological polar surface area (TPSA) is 57.6 Å². The molecule has 2 aliphatic rings. The molecule has 0 aromatic heterocycles. The number of aliphatic hydroxyl groups is 1. The number of aryl methyl sites for hydroxylation is 2. The third kappa shape index (κ3) is 2.00. The van der Waals surface area contributed by atoms with Gasteiger partial charge in [0.25, 0.3) is 0 Å². The normalized spacial score (nSPS) is 31.0. The third-order valence-corrected chi connectivity index (χ3v) is 6.44. The van der Waals surface area contributed by atoms with Crippen LogP contribution in [-0.4, -0.2) is 37.0 Å². The Morgan fingerprint density at radius 3 is 2.53 bits per heavy atom. The summed E-state index contributed by atoms with van der Waals surface area (Å²) in [5, 5.41) is 9.63. The molecule has 1 N–H and O–H groups in total. The Hall–Kier alpha value is -0.910. The standard InChI is InChI=1S/C14H19NO3S/c1-9-3-4-12(5-10(9)2)19(17,18)15-7-11-6-14(16)13(11)8-15/h3-5,11,13-14,16H,6-8H2,1-2H3/t11-,13+,14-/m1/s1. The molecule has 1 aliphatic heterocycles. The molecule has 1 aromatic rings. The zero-order valence-electron chi connectivity index (χ0n) is 11.2. The van der Waals surface area contributed by atoms with E-state index < -0.39 is 10.0 Å². The average Bonchev–Trinajstić information content (AvgIpc) is 2.70. The number of sulfonamides is 1. The largest absolute Gasteiger partial charge is 0.393 e. The van der Waals surface area contributed by atoms with Crippen LogP contribution < -0.4 is 0 Å². The van der Waals surface area contributed by atoms with Gasteiger partial charge in [0, 0.05) is 19.0 Å². The van der Waals surface area contributed by atoms with Crippen molar-refractivity contribution in [1.82, 2.24) is 4.31 Å². The van der Waals surface area contributed by atoms with E-state index in [0.29, 0.717) is 23.9 Å². The van der Waals surface area contributed by atoms with Crippen LogP contribution in [0.3, 0.4) is 0 Å². The molecule has 3 atom stereocenters.